The SMILES string of the molecule is C=C/C(Br)=C\C(OC)=C(/N)C(=O)Nc1cc(C2(C(F)F)COCC(N)=N2)c(F)cc1F. The fraction of sp³-hybridized carbons (Fsp3) is 0.263. The Balaban J connectivity index is 2.51. The number of carbonyl (C=O) groups is 1. The van der Waals surface area contributed by atoms with Gasteiger partial charge in [-0.25, -0.2) is 17.6 Å². The van der Waals surface area contributed by atoms with Crippen molar-refractivity contribution in [1.82, 2.24) is 0 Å². The van der Waals surface area contributed by atoms with Crippen molar-refractivity contribution >= 4 is 33.4 Å². The first-order chi connectivity index (χ1) is 14.5. The van der Waals surface area contributed by atoms with Crippen molar-refractivity contribution in [2.45, 2.75) is 12.0 Å². The van der Waals surface area contributed by atoms with Gasteiger partial charge in [0.05, 0.1) is 19.4 Å². The number of ether oxygens (including phenoxy) is 2. The first-order valence-electron chi connectivity index (χ1n) is 8.60. The van der Waals surface area contributed by atoms with Gasteiger partial charge in [-0.15, -0.1) is 0 Å². The van der Waals surface area contributed by atoms with Gasteiger partial charge in [0.25, 0.3) is 12.3 Å². The lowest BCUT2D eigenvalue weighted by Crippen LogP contribution is -2.45. The maximum absolute atomic E-state index is 14.5. The Hall–Kier alpha value is -2.86. The summed E-state index contributed by atoms with van der Waals surface area (Å²) in [5.74, 6) is -3.92. The fourth-order valence-corrected chi connectivity index (χ4v) is 2.92. The monoisotopic (exact) mass is 506 g/mol. The molecule has 1 aromatic rings. The number of hydrogen-bond acceptors (Lipinski definition) is 6. The number of nitrogens with two attached hydrogens (primary N) is 2. The Labute approximate surface area is 183 Å². The summed E-state index contributed by atoms with van der Waals surface area (Å²) in [6, 6.07) is 1.05. The largest absolute Gasteiger partial charge is 0.494 e. The number of benzene rings is 1. The molecule has 12 heteroatoms. The molecule has 1 atom stereocenters. The molecule has 1 aliphatic heterocycles. The van der Waals surface area contributed by atoms with Gasteiger partial charge < -0.3 is 26.3 Å². The molecule has 1 heterocycles. The number of halogens is 5. The van der Waals surface area contributed by atoms with Crippen LogP contribution in [0.1, 0.15) is 5.56 Å². The molecule has 0 bridgehead atoms. The van der Waals surface area contributed by atoms with E-state index in [4.69, 9.17) is 20.9 Å². The van der Waals surface area contributed by atoms with E-state index < -0.39 is 53.1 Å². The molecule has 0 fully saturated rings. The zero-order valence-corrected chi connectivity index (χ0v) is 17.8. The van der Waals surface area contributed by atoms with Crippen LogP contribution in [-0.4, -0.2) is 38.5 Å². The van der Waals surface area contributed by atoms with Crippen LogP contribution in [-0.2, 0) is 19.8 Å². The lowest BCUT2D eigenvalue weighted by atomic mass is 9.89. The van der Waals surface area contributed by atoms with Gasteiger partial charge >= 0.3 is 0 Å². The van der Waals surface area contributed by atoms with E-state index in [0.717, 1.165) is 0 Å². The summed E-state index contributed by atoms with van der Waals surface area (Å²) in [5.41, 5.74) is 6.97. The molecule has 0 aromatic heterocycles. The topological polar surface area (TPSA) is 112 Å². The van der Waals surface area contributed by atoms with Crippen LogP contribution >= 0.6 is 15.9 Å². The second-order valence-corrected chi connectivity index (χ2v) is 7.22. The average molecular weight is 507 g/mol. The molecule has 0 saturated heterocycles. The van der Waals surface area contributed by atoms with Crippen molar-refractivity contribution in [2.75, 3.05) is 25.6 Å². The van der Waals surface area contributed by atoms with Gasteiger partial charge in [-0.05, 0) is 12.1 Å². The van der Waals surface area contributed by atoms with Crippen LogP contribution in [0.5, 0.6) is 0 Å². The third-order valence-electron chi connectivity index (χ3n) is 4.24. The van der Waals surface area contributed by atoms with E-state index in [1.807, 2.05) is 0 Å². The van der Waals surface area contributed by atoms with Gasteiger partial charge in [0.15, 0.2) is 5.54 Å². The number of carbonyl (C=O) groups excluding carboxylic acids is 1. The highest BCUT2D eigenvalue weighted by Crippen LogP contribution is 2.38. The summed E-state index contributed by atoms with van der Waals surface area (Å²) in [4.78, 5) is 16.1. The number of hydrogen-bond donors (Lipinski definition) is 3. The molecule has 1 unspecified atom stereocenters. The van der Waals surface area contributed by atoms with Crippen molar-refractivity contribution in [3.05, 3.63) is 64.0 Å². The number of aliphatic imine (C=N–C) groups is 1. The third-order valence-corrected chi connectivity index (χ3v) is 4.79. The first kappa shape index (κ1) is 24.4. The zero-order chi connectivity index (χ0) is 23.3. The number of anilines is 1. The summed E-state index contributed by atoms with van der Waals surface area (Å²) >= 11 is 3.13. The molecule has 0 saturated carbocycles. The number of amidine groups is 1. The average Bonchev–Trinajstić information content (AvgIpc) is 2.72. The van der Waals surface area contributed by atoms with Gasteiger partial charge in [0, 0.05) is 16.1 Å². The highest BCUT2D eigenvalue weighted by molar-refractivity contribution is 9.11. The minimum Gasteiger partial charge on any atom is -0.494 e. The summed E-state index contributed by atoms with van der Waals surface area (Å²) in [6.45, 7) is 2.60. The highest BCUT2D eigenvalue weighted by atomic mass is 79.9. The Morgan fingerprint density at radius 2 is 2.10 bits per heavy atom. The number of rotatable bonds is 7. The summed E-state index contributed by atoms with van der Waals surface area (Å²) < 4.78 is 67.0. The predicted molar refractivity (Wildman–Crippen MR) is 111 cm³/mol. The highest BCUT2D eigenvalue weighted by Gasteiger charge is 2.46. The molecule has 1 aliphatic rings. The second-order valence-electron chi connectivity index (χ2n) is 6.30. The molecule has 7 nitrogen and oxygen atoms in total. The number of nitrogens with one attached hydrogen (secondary N) is 1. The lowest BCUT2D eigenvalue weighted by Gasteiger charge is -2.33. The Morgan fingerprint density at radius 3 is 2.65 bits per heavy atom. The van der Waals surface area contributed by atoms with Crippen molar-refractivity contribution in [3.8, 4) is 0 Å². The minimum atomic E-state index is -3.23. The van der Waals surface area contributed by atoms with E-state index in [-0.39, 0.29) is 18.2 Å². The van der Waals surface area contributed by atoms with Crippen molar-refractivity contribution in [2.24, 2.45) is 16.5 Å². The number of alkyl halides is 2. The lowest BCUT2D eigenvalue weighted by molar-refractivity contribution is -0.113. The maximum atomic E-state index is 14.5. The van der Waals surface area contributed by atoms with Crippen LogP contribution in [0.15, 0.2) is 51.8 Å². The molecule has 0 spiro atoms. The third kappa shape index (κ3) is 5.25. The molecule has 1 amide bonds. The number of allylic oxidation sites excluding steroid dienone is 3. The van der Waals surface area contributed by atoms with Crippen LogP contribution < -0.4 is 16.8 Å². The molecular weight excluding hydrogens is 488 g/mol. The summed E-state index contributed by atoms with van der Waals surface area (Å²) in [5, 5.41) is 2.11. The van der Waals surface area contributed by atoms with E-state index >= 15 is 0 Å². The van der Waals surface area contributed by atoms with Gasteiger partial charge in [-0.3, -0.25) is 9.79 Å². The van der Waals surface area contributed by atoms with E-state index in [1.165, 1.54) is 19.3 Å². The number of methoxy groups -OCH3 is 1. The minimum absolute atomic E-state index is 0.0888. The Morgan fingerprint density at radius 1 is 1.42 bits per heavy atom. The van der Waals surface area contributed by atoms with Crippen molar-refractivity contribution in [3.63, 3.8) is 0 Å². The number of amides is 1. The molecule has 1 aromatic carbocycles. The molecule has 2 rings (SSSR count). The van der Waals surface area contributed by atoms with Crippen LogP contribution in [0.25, 0.3) is 0 Å². The molecule has 31 heavy (non-hydrogen) atoms. The summed E-state index contributed by atoms with van der Waals surface area (Å²) in [7, 11) is 1.24. The standard InChI is InChI=1S/C19H19BrF4N4O3/c1-3-9(20)4-14(30-2)16(26)17(29)27-13-5-10(11(21)6-12(13)22)19(18(23)24)8-31-7-15(25)28-19/h3-6,18H,1,7-8,26H2,2H3,(H2,25,28)(H,27,29)/b9-4+,16-14+. The van der Waals surface area contributed by atoms with Crippen molar-refractivity contribution in [1.29, 1.82) is 0 Å². The quantitative estimate of drug-likeness (QED) is 0.228. The van der Waals surface area contributed by atoms with E-state index in [9.17, 15) is 22.4 Å². The maximum Gasteiger partial charge on any atom is 0.275 e. The fourth-order valence-electron chi connectivity index (χ4n) is 2.71. The predicted octanol–water partition coefficient (Wildman–Crippen LogP) is 3.03. The molecule has 168 valence electrons. The van der Waals surface area contributed by atoms with Crippen LogP contribution in [0.2, 0.25) is 0 Å². The molecular formula is C19H19BrF4N4O3. The first-order valence-corrected chi connectivity index (χ1v) is 9.39. The number of nitrogens with zero attached hydrogens (tertiary/aromatic N) is 1. The smallest absolute Gasteiger partial charge is 0.275 e. The molecule has 0 radical (unpaired) electrons. The normalized spacial score (nSPS) is 20.1. The van der Waals surface area contributed by atoms with Crippen LogP contribution in [0.4, 0.5) is 23.2 Å². The van der Waals surface area contributed by atoms with E-state index in [0.29, 0.717) is 16.6 Å². The molecule has 0 aliphatic carbocycles. The van der Waals surface area contributed by atoms with Crippen molar-refractivity contribution < 1.29 is 31.8 Å². The van der Waals surface area contributed by atoms with Gasteiger partial charge in [-0.2, -0.15) is 0 Å². The van der Waals surface area contributed by atoms with Crippen LogP contribution in [0, 0.1) is 11.6 Å². The van der Waals surface area contributed by atoms with Gasteiger partial charge in [0.2, 0.25) is 0 Å². The van der Waals surface area contributed by atoms with Crippen LogP contribution in [0.3, 0.4) is 0 Å². The van der Waals surface area contributed by atoms with E-state index in [1.54, 1.807) is 0 Å². The Kier molecular flexibility index (Phi) is 7.85. The zero-order valence-electron chi connectivity index (χ0n) is 16.2. The Bertz CT molecular complexity index is 981. The van der Waals surface area contributed by atoms with E-state index in [2.05, 4.69) is 32.8 Å². The molecule has 5 N–H and O–H groups in total. The van der Waals surface area contributed by atoms with Gasteiger partial charge in [0.1, 0.15) is 35.5 Å². The summed E-state index contributed by atoms with van der Waals surface area (Å²) in [6.07, 6.45) is -0.503. The van der Waals surface area contributed by atoms with Gasteiger partial charge in [-0.1, -0.05) is 28.6 Å². The second kappa shape index (κ2) is 9.96.